The van der Waals surface area contributed by atoms with Crippen LogP contribution in [0.1, 0.15) is 22.4 Å². The number of benzene rings is 2. The number of fused-ring (bicyclic) bond motifs is 1. The van der Waals surface area contributed by atoms with E-state index in [1.54, 1.807) is 25.4 Å². The molecule has 0 atom stereocenters. The fraction of sp³-hybridized carbons (Fsp3) is 0.208. The second kappa shape index (κ2) is 7.95. The number of ether oxygens (including phenoxy) is 2. The van der Waals surface area contributed by atoms with Gasteiger partial charge in [-0.2, -0.15) is 0 Å². The molecule has 5 heteroatoms. The van der Waals surface area contributed by atoms with Gasteiger partial charge < -0.3 is 14.0 Å². The normalized spacial score (nSPS) is 11.0. The first-order valence-corrected chi connectivity index (χ1v) is 9.50. The van der Waals surface area contributed by atoms with Gasteiger partial charge in [0, 0.05) is 23.8 Å². The summed E-state index contributed by atoms with van der Waals surface area (Å²) in [5.41, 5.74) is 5.42. The van der Waals surface area contributed by atoms with Crippen LogP contribution in [-0.4, -0.2) is 16.7 Å². The van der Waals surface area contributed by atoms with Gasteiger partial charge in [0.2, 0.25) is 0 Å². The minimum absolute atomic E-state index is 0.254. The molecule has 0 saturated heterocycles. The number of rotatable bonds is 6. The maximum Gasteiger partial charge on any atom is 0.162 e. The van der Waals surface area contributed by atoms with E-state index in [4.69, 9.17) is 9.47 Å². The van der Waals surface area contributed by atoms with E-state index in [1.807, 2.05) is 24.4 Å². The summed E-state index contributed by atoms with van der Waals surface area (Å²) in [7, 11) is 1.67. The molecule has 2 heterocycles. The number of halogens is 1. The number of hydrogen-bond donors (Lipinski definition) is 0. The molecule has 4 nitrogen and oxygen atoms in total. The fourth-order valence-electron chi connectivity index (χ4n) is 3.55. The highest BCUT2D eigenvalue weighted by Crippen LogP contribution is 2.33. The first-order valence-electron chi connectivity index (χ1n) is 9.50. The predicted octanol–water partition coefficient (Wildman–Crippen LogP) is 5.43. The fourth-order valence-corrected chi connectivity index (χ4v) is 3.55. The Kier molecular flexibility index (Phi) is 5.21. The maximum absolute atomic E-state index is 13.2. The topological polar surface area (TPSA) is 36.3 Å². The van der Waals surface area contributed by atoms with Gasteiger partial charge in [0.1, 0.15) is 18.2 Å². The average Bonchev–Trinajstić information content (AvgIpc) is 2.99. The van der Waals surface area contributed by atoms with E-state index < -0.39 is 0 Å². The van der Waals surface area contributed by atoms with Crippen molar-refractivity contribution in [3.05, 3.63) is 89.1 Å². The summed E-state index contributed by atoms with van der Waals surface area (Å²) in [5, 5.41) is 1.07. The molecule has 0 aliphatic heterocycles. The van der Waals surface area contributed by atoms with Crippen LogP contribution in [0.2, 0.25) is 0 Å². The van der Waals surface area contributed by atoms with E-state index in [1.165, 1.54) is 23.4 Å². The Bertz CT molecular complexity index is 1150. The van der Waals surface area contributed by atoms with Gasteiger partial charge in [0.25, 0.3) is 0 Å². The van der Waals surface area contributed by atoms with Crippen LogP contribution < -0.4 is 9.47 Å². The van der Waals surface area contributed by atoms with Crippen LogP contribution in [0.15, 0.2) is 60.9 Å². The lowest BCUT2D eigenvalue weighted by molar-refractivity contribution is 0.307. The van der Waals surface area contributed by atoms with Crippen LogP contribution in [0.25, 0.3) is 10.9 Å². The number of hydrogen-bond acceptors (Lipinski definition) is 3. The molecule has 0 bridgehead atoms. The molecule has 0 spiro atoms. The van der Waals surface area contributed by atoms with Crippen LogP contribution in [0.4, 0.5) is 4.39 Å². The molecule has 0 saturated carbocycles. The molecular formula is C24H23FN2O2. The van der Waals surface area contributed by atoms with Crippen molar-refractivity contribution in [1.29, 1.82) is 0 Å². The van der Waals surface area contributed by atoms with Crippen molar-refractivity contribution in [2.75, 3.05) is 7.11 Å². The molecule has 0 fully saturated rings. The number of nitrogens with zero attached hydrogens (tertiary/aromatic N) is 2. The standard InChI is InChI=1S/C24H23FN2O2/c1-16-17(2)27(14-19-5-4-6-21(11-19)28-3)24-22(16)12-26-13-23(24)29-15-18-7-9-20(25)10-8-18/h4-13H,14-15H2,1-3H3. The highest BCUT2D eigenvalue weighted by atomic mass is 19.1. The molecule has 0 aliphatic rings. The van der Waals surface area contributed by atoms with E-state index in [0.717, 1.165) is 27.8 Å². The van der Waals surface area contributed by atoms with Crippen LogP contribution in [-0.2, 0) is 13.2 Å². The molecule has 0 unspecified atom stereocenters. The van der Waals surface area contributed by atoms with E-state index in [9.17, 15) is 4.39 Å². The van der Waals surface area contributed by atoms with Crippen molar-refractivity contribution >= 4 is 10.9 Å². The monoisotopic (exact) mass is 390 g/mol. The van der Waals surface area contributed by atoms with Gasteiger partial charge in [-0.15, -0.1) is 0 Å². The quantitative estimate of drug-likeness (QED) is 0.441. The van der Waals surface area contributed by atoms with Crippen LogP contribution in [0.5, 0.6) is 11.5 Å². The third-order valence-electron chi connectivity index (χ3n) is 5.29. The molecule has 148 valence electrons. The van der Waals surface area contributed by atoms with Crippen molar-refractivity contribution in [2.45, 2.75) is 27.0 Å². The summed E-state index contributed by atoms with van der Waals surface area (Å²) in [5.74, 6) is 1.30. The van der Waals surface area contributed by atoms with Crippen molar-refractivity contribution < 1.29 is 13.9 Å². The third kappa shape index (κ3) is 3.81. The third-order valence-corrected chi connectivity index (χ3v) is 5.29. The van der Waals surface area contributed by atoms with Crippen LogP contribution in [0, 0.1) is 19.7 Å². The summed E-state index contributed by atoms with van der Waals surface area (Å²) < 4.78 is 26.9. The Morgan fingerprint density at radius 2 is 1.79 bits per heavy atom. The maximum atomic E-state index is 13.2. The van der Waals surface area contributed by atoms with E-state index in [0.29, 0.717) is 18.9 Å². The molecule has 4 aromatic rings. The lowest BCUT2D eigenvalue weighted by atomic mass is 10.2. The Labute approximate surface area is 169 Å². The van der Waals surface area contributed by atoms with Gasteiger partial charge in [-0.05, 0) is 54.8 Å². The molecule has 2 aromatic heterocycles. The Morgan fingerprint density at radius 3 is 2.55 bits per heavy atom. The number of aromatic nitrogens is 2. The lowest BCUT2D eigenvalue weighted by Crippen LogP contribution is -2.04. The van der Waals surface area contributed by atoms with Gasteiger partial charge >= 0.3 is 0 Å². The van der Waals surface area contributed by atoms with Gasteiger partial charge in [-0.1, -0.05) is 24.3 Å². The number of aryl methyl sites for hydroxylation is 1. The van der Waals surface area contributed by atoms with E-state index in [2.05, 4.69) is 29.5 Å². The number of pyridine rings is 1. The van der Waals surface area contributed by atoms with Crippen LogP contribution >= 0.6 is 0 Å². The SMILES string of the molecule is COc1cccc(Cn2c(C)c(C)c3cncc(OCc4ccc(F)cc4)c32)c1. The first-order chi connectivity index (χ1) is 14.1. The lowest BCUT2D eigenvalue weighted by Gasteiger charge is -2.13. The largest absolute Gasteiger partial charge is 0.497 e. The molecule has 2 aromatic carbocycles. The molecule has 0 radical (unpaired) electrons. The van der Waals surface area contributed by atoms with Crippen molar-refractivity contribution in [1.82, 2.24) is 9.55 Å². The van der Waals surface area contributed by atoms with E-state index in [-0.39, 0.29) is 5.82 Å². The van der Waals surface area contributed by atoms with Gasteiger partial charge in [0.15, 0.2) is 5.75 Å². The summed E-state index contributed by atoms with van der Waals surface area (Å²) in [6.07, 6.45) is 3.62. The van der Waals surface area contributed by atoms with Gasteiger partial charge in [0.05, 0.1) is 18.8 Å². The van der Waals surface area contributed by atoms with Gasteiger partial charge in [-0.25, -0.2) is 4.39 Å². The Morgan fingerprint density at radius 1 is 1.00 bits per heavy atom. The molecular weight excluding hydrogens is 367 g/mol. The molecule has 0 amide bonds. The van der Waals surface area contributed by atoms with E-state index >= 15 is 0 Å². The highest BCUT2D eigenvalue weighted by Gasteiger charge is 2.16. The summed E-state index contributed by atoms with van der Waals surface area (Å²) in [6, 6.07) is 14.4. The van der Waals surface area contributed by atoms with Crippen LogP contribution in [0.3, 0.4) is 0 Å². The van der Waals surface area contributed by atoms with Crippen molar-refractivity contribution in [3.63, 3.8) is 0 Å². The molecule has 29 heavy (non-hydrogen) atoms. The smallest absolute Gasteiger partial charge is 0.162 e. The average molecular weight is 390 g/mol. The van der Waals surface area contributed by atoms with Crippen molar-refractivity contribution in [2.24, 2.45) is 0 Å². The Balaban J connectivity index is 1.71. The predicted molar refractivity (Wildman–Crippen MR) is 112 cm³/mol. The highest BCUT2D eigenvalue weighted by molar-refractivity contribution is 5.89. The van der Waals surface area contributed by atoms with Crippen molar-refractivity contribution in [3.8, 4) is 11.5 Å². The zero-order chi connectivity index (χ0) is 20.4. The Hall–Kier alpha value is -3.34. The zero-order valence-corrected chi connectivity index (χ0v) is 16.8. The number of methoxy groups -OCH3 is 1. The second-order valence-corrected chi connectivity index (χ2v) is 7.10. The summed E-state index contributed by atoms with van der Waals surface area (Å²) in [4.78, 5) is 4.37. The second-order valence-electron chi connectivity index (χ2n) is 7.10. The molecule has 0 aliphatic carbocycles. The summed E-state index contributed by atoms with van der Waals surface area (Å²) >= 11 is 0. The molecule has 0 N–H and O–H groups in total. The van der Waals surface area contributed by atoms with Gasteiger partial charge in [-0.3, -0.25) is 4.98 Å². The molecule has 4 rings (SSSR count). The zero-order valence-electron chi connectivity index (χ0n) is 16.8. The minimum Gasteiger partial charge on any atom is -0.497 e. The first kappa shape index (κ1) is 19.0. The minimum atomic E-state index is -0.254. The summed E-state index contributed by atoms with van der Waals surface area (Å²) in [6.45, 7) is 5.26.